The van der Waals surface area contributed by atoms with Crippen molar-refractivity contribution in [2.75, 3.05) is 0 Å². The Labute approximate surface area is 117 Å². The molecule has 0 aliphatic rings. The Bertz CT molecular complexity index is 440. The van der Waals surface area contributed by atoms with Crippen LogP contribution in [0.2, 0.25) is 0 Å². The molecule has 3 heteroatoms. The predicted molar refractivity (Wildman–Crippen MR) is 63.8 cm³/mol. The minimum atomic E-state index is -0.346. The van der Waals surface area contributed by atoms with E-state index in [-0.39, 0.29) is 35.5 Å². The minimum absolute atomic E-state index is 0. The Morgan fingerprint density at radius 2 is 1.62 bits per heavy atom. The summed E-state index contributed by atoms with van der Waals surface area (Å²) in [6.07, 6.45) is 0. The van der Waals surface area contributed by atoms with E-state index in [1.807, 2.05) is 6.07 Å². The molecular weight excluding hydrogens is 211 g/mol. The van der Waals surface area contributed by atoms with Gasteiger partial charge in [-0.05, 0) is 30.3 Å². The van der Waals surface area contributed by atoms with Crippen LogP contribution in [0.3, 0.4) is 0 Å². The van der Waals surface area contributed by atoms with Crippen molar-refractivity contribution in [3.05, 3.63) is 66.2 Å². The number of esters is 1. The summed E-state index contributed by atoms with van der Waals surface area (Å²) >= 11 is 0. The van der Waals surface area contributed by atoms with E-state index in [9.17, 15) is 4.79 Å². The first kappa shape index (κ1) is 13.0. The topological polar surface area (TPSA) is 26.3 Å². The molecule has 2 aromatic carbocycles. The van der Waals surface area contributed by atoms with Crippen LogP contribution in [0.15, 0.2) is 54.6 Å². The van der Waals surface area contributed by atoms with Gasteiger partial charge < -0.3 is 4.74 Å². The van der Waals surface area contributed by atoms with Gasteiger partial charge in [-0.2, -0.15) is 0 Å². The molecule has 0 saturated heterocycles. The van der Waals surface area contributed by atoms with Crippen molar-refractivity contribution in [3.63, 3.8) is 0 Å². The van der Waals surface area contributed by atoms with Crippen LogP contribution in [0, 0.1) is 6.07 Å². The molecule has 0 atom stereocenters. The second-order valence-corrected chi connectivity index (χ2v) is 2.99. The van der Waals surface area contributed by atoms with E-state index >= 15 is 0 Å². The molecule has 0 fully saturated rings. The molecule has 0 heterocycles. The van der Waals surface area contributed by atoms with E-state index in [0.717, 1.165) is 0 Å². The van der Waals surface area contributed by atoms with Crippen molar-refractivity contribution in [1.82, 2.24) is 0 Å². The summed E-state index contributed by atoms with van der Waals surface area (Å²) in [5, 5.41) is 0. The van der Waals surface area contributed by atoms with Crippen LogP contribution >= 0.6 is 0 Å². The Morgan fingerprint density at radius 3 is 2.25 bits per heavy atom. The second-order valence-electron chi connectivity index (χ2n) is 2.99. The molecule has 0 aliphatic heterocycles. The average Bonchev–Trinajstić information content (AvgIpc) is 2.31. The zero-order chi connectivity index (χ0) is 10.5. The molecule has 75 valence electrons. The van der Waals surface area contributed by atoms with E-state index < -0.39 is 0 Å². The zero-order valence-corrected chi connectivity index (χ0v) is 8.01. The van der Waals surface area contributed by atoms with Crippen molar-refractivity contribution in [2.24, 2.45) is 0 Å². The Morgan fingerprint density at radius 1 is 1.00 bits per heavy atom. The molecule has 0 aliphatic carbocycles. The number of rotatable bonds is 2. The molecule has 1 radical (unpaired) electrons. The molecule has 2 aromatic rings. The SMILES string of the molecule is O=C(Oc1cc[c]cc1)c1ccccc1.[NaH]. The van der Waals surface area contributed by atoms with Gasteiger partial charge in [-0.3, -0.25) is 0 Å². The van der Waals surface area contributed by atoms with Gasteiger partial charge in [-0.15, -0.1) is 0 Å². The number of hydrogen-bond acceptors (Lipinski definition) is 2. The van der Waals surface area contributed by atoms with Gasteiger partial charge >= 0.3 is 35.5 Å². The Hall–Kier alpha value is -1.09. The molecule has 2 nitrogen and oxygen atoms in total. The van der Waals surface area contributed by atoms with Gasteiger partial charge in [0.1, 0.15) is 5.75 Å². The van der Waals surface area contributed by atoms with E-state index in [4.69, 9.17) is 4.74 Å². The van der Waals surface area contributed by atoms with Crippen LogP contribution in [0.1, 0.15) is 10.4 Å². The number of carbonyl (C=O) groups excluding carboxylic acids is 1. The predicted octanol–water partition coefficient (Wildman–Crippen LogP) is 2.06. The normalized spacial score (nSPS) is 9.00. The fraction of sp³-hybridized carbons (Fsp3) is 0. The van der Waals surface area contributed by atoms with Gasteiger partial charge in [-0.25, -0.2) is 4.79 Å². The summed E-state index contributed by atoms with van der Waals surface area (Å²) < 4.78 is 5.14. The average molecular weight is 221 g/mol. The van der Waals surface area contributed by atoms with Crippen LogP contribution in [-0.2, 0) is 0 Å². The maximum absolute atomic E-state index is 11.6. The summed E-state index contributed by atoms with van der Waals surface area (Å²) in [4.78, 5) is 11.6. The number of hydrogen-bond donors (Lipinski definition) is 0. The quantitative estimate of drug-likeness (QED) is 0.441. The van der Waals surface area contributed by atoms with Crippen LogP contribution in [-0.4, -0.2) is 35.5 Å². The van der Waals surface area contributed by atoms with Crippen molar-refractivity contribution in [2.45, 2.75) is 0 Å². The molecular formula is C13H10NaO2. The first-order valence-electron chi connectivity index (χ1n) is 4.59. The van der Waals surface area contributed by atoms with Gasteiger partial charge in [0.15, 0.2) is 0 Å². The van der Waals surface area contributed by atoms with E-state index in [1.165, 1.54) is 0 Å². The third kappa shape index (κ3) is 3.49. The summed E-state index contributed by atoms with van der Waals surface area (Å²) in [6, 6.07) is 18.5. The second kappa shape index (κ2) is 6.48. The monoisotopic (exact) mass is 221 g/mol. The van der Waals surface area contributed by atoms with Gasteiger partial charge in [0, 0.05) is 0 Å². The van der Waals surface area contributed by atoms with Crippen molar-refractivity contribution in [3.8, 4) is 5.75 Å². The Kier molecular flexibility index (Phi) is 5.26. The van der Waals surface area contributed by atoms with Crippen LogP contribution in [0.4, 0.5) is 0 Å². The third-order valence-electron chi connectivity index (χ3n) is 1.91. The number of ether oxygens (including phenoxy) is 1. The number of carbonyl (C=O) groups is 1. The number of benzene rings is 2. The first-order valence-corrected chi connectivity index (χ1v) is 4.59. The van der Waals surface area contributed by atoms with Crippen LogP contribution < -0.4 is 4.74 Å². The Balaban J connectivity index is 0.00000128. The summed E-state index contributed by atoms with van der Waals surface area (Å²) in [5.74, 6) is 0.185. The fourth-order valence-electron chi connectivity index (χ4n) is 1.18. The fourth-order valence-corrected chi connectivity index (χ4v) is 1.18. The maximum atomic E-state index is 11.6. The molecule has 0 N–H and O–H groups in total. The first-order chi connectivity index (χ1) is 7.36. The van der Waals surface area contributed by atoms with Crippen LogP contribution in [0.25, 0.3) is 0 Å². The van der Waals surface area contributed by atoms with Crippen molar-refractivity contribution >= 4 is 35.5 Å². The van der Waals surface area contributed by atoms with Crippen molar-refractivity contribution in [1.29, 1.82) is 0 Å². The molecule has 0 bridgehead atoms. The molecule has 0 spiro atoms. The van der Waals surface area contributed by atoms with E-state index in [1.54, 1.807) is 48.5 Å². The van der Waals surface area contributed by atoms with Crippen molar-refractivity contribution < 1.29 is 9.53 Å². The molecule has 0 amide bonds. The summed E-state index contributed by atoms with van der Waals surface area (Å²) in [7, 11) is 0. The van der Waals surface area contributed by atoms with E-state index in [2.05, 4.69) is 6.07 Å². The molecule has 0 aromatic heterocycles. The van der Waals surface area contributed by atoms with Gasteiger partial charge in [0.25, 0.3) is 0 Å². The molecule has 0 saturated carbocycles. The molecule has 2 rings (SSSR count). The van der Waals surface area contributed by atoms with Gasteiger partial charge in [0.2, 0.25) is 0 Å². The standard InChI is InChI=1S/C13H9O2.Na.H/c14-13(11-7-3-1-4-8-11)15-12-9-5-2-6-10-12;;/h1,3-10H;;. The third-order valence-corrected chi connectivity index (χ3v) is 1.91. The summed E-state index contributed by atoms with van der Waals surface area (Å²) in [6.45, 7) is 0. The van der Waals surface area contributed by atoms with E-state index in [0.29, 0.717) is 11.3 Å². The van der Waals surface area contributed by atoms with Gasteiger partial charge in [0.05, 0.1) is 5.56 Å². The zero-order valence-electron chi connectivity index (χ0n) is 8.01. The van der Waals surface area contributed by atoms with Gasteiger partial charge in [-0.1, -0.05) is 30.3 Å². The summed E-state index contributed by atoms with van der Waals surface area (Å²) in [5.41, 5.74) is 0.547. The molecule has 0 unspecified atom stereocenters. The molecule has 16 heavy (non-hydrogen) atoms. The van der Waals surface area contributed by atoms with Crippen LogP contribution in [0.5, 0.6) is 5.75 Å².